The minimum Gasteiger partial charge on any atom is -0.289 e. The summed E-state index contributed by atoms with van der Waals surface area (Å²) in [6, 6.07) is 16.7. The molecule has 1 saturated carbocycles. The van der Waals surface area contributed by atoms with Crippen LogP contribution in [0, 0.1) is 25.7 Å². The van der Waals surface area contributed by atoms with Gasteiger partial charge in [-0.3, -0.25) is 4.79 Å². The minimum absolute atomic E-state index is 0.213. The van der Waals surface area contributed by atoms with E-state index in [4.69, 9.17) is 0 Å². The molecule has 2 aromatic rings. The minimum atomic E-state index is 0.213. The van der Waals surface area contributed by atoms with Gasteiger partial charge in [0.1, 0.15) is 0 Å². The van der Waals surface area contributed by atoms with E-state index in [1.165, 1.54) is 11.1 Å². The first-order chi connectivity index (χ1) is 12.4. The van der Waals surface area contributed by atoms with Crippen LogP contribution in [-0.2, 0) is 4.79 Å². The third-order valence-electron chi connectivity index (χ3n) is 5.26. The summed E-state index contributed by atoms with van der Waals surface area (Å²) < 4.78 is 0. The Morgan fingerprint density at radius 2 is 1.31 bits per heavy atom. The van der Waals surface area contributed by atoms with Crippen LogP contribution in [0.25, 0.3) is 12.2 Å². The zero-order chi connectivity index (χ0) is 18.7. The van der Waals surface area contributed by atoms with Gasteiger partial charge in [-0.25, -0.2) is 0 Å². The van der Waals surface area contributed by atoms with Gasteiger partial charge in [-0.2, -0.15) is 0 Å². The summed E-state index contributed by atoms with van der Waals surface area (Å²) >= 11 is 0. The highest BCUT2D eigenvalue weighted by atomic mass is 16.1. The van der Waals surface area contributed by atoms with Crippen molar-refractivity contribution in [2.75, 3.05) is 0 Å². The Bertz CT molecular complexity index is 800. The topological polar surface area (TPSA) is 17.1 Å². The van der Waals surface area contributed by atoms with Crippen LogP contribution in [0.4, 0.5) is 0 Å². The van der Waals surface area contributed by atoms with E-state index in [2.05, 4.69) is 88.4 Å². The van der Waals surface area contributed by atoms with E-state index in [0.717, 1.165) is 35.1 Å². The summed E-state index contributed by atoms with van der Waals surface area (Å²) in [6.07, 6.45) is 5.92. The highest BCUT2D eigenvalue weighted by molar-refractivity contribution is 6.14. The maximum absolute atomic E-state index is 13.1. The first kappa shape index (κ1) is 18.4. The summed E-state index contributed by atoms with van der Waals surface area (Å²) in [7, 11) is 0. The van der Waals surface area contributed by atoms with Gasteiger partial charge in [0, 0.05) is 11.1 Å². The van der Waals surface area contributed by atoms with E-state index < -0.39 is 0 Å². The average Bonchev–Trinajstić information content (AvgIpc) is 2.58. The van der Waals surface area contributed by atoms with Gasteiger partial charge < -0.3 is 0 Å². The van der Waals surface area contributed by atoms with Crippen LogP contribution in [0.15, 0.2) is 59.7 Å². The molecule has 134 valence electrons. The Labute approximate surface area is 157 Å². The summed E-state index contributed by atoms with van der Waals surface area (Å²) in [5.41, 5.74) is 6.57. The Morgan fingerprint density at radius 3 is 1.69 bits per heavy atom. The number of allylic oxidation sites excluding steroid dienone is 2. The van der Waals surface area contributed by atoms with Gasteiger partial charge in [-0.1, -0.05) is 73.5 Å². The number of hydrogen-bond acceptors (Lipinski definition) is 1. The van der Waals surface area contributed by atoms with Gasteiger partial charge in [0.25, 0.3) is 0 Å². The second-order valence-corrected chi connectivity index (χ2v) is 7.91. The van der Waals surface area contributed by atoms with Crippen LogP contribution in [0.1, 0.15) is 48.9 Å². The quantitative estimate of drug-likeness (QED) is 0.588. The molecule has 26 heavy (non-hydrogen) atoms. The molecule has 1 aliphatic rings. The molecular weight excluding hydrogens is 316 g/mol. The number of rotatable bonds is 3. The Kier molecular flexibility index (Phi) is 5.56. The number of Topliss-reactive ketones (excluding diaryl/α,β-unsaturated/α-hetero) is 1. The van der Waals surface area contributed by atoms with Gasteiger partial charge in [-0.15, -0.1) is 0 Å². The first-order valence-electron chi connectivity index (χ1n) is 9.51. The lowest BCUT2D eigenvalue weighted by Crippen LogP contribution is -2.23. The van der Waals surface area contributed by atoms with E-state index >= 15 is 0 Å². The highest BCUT2D eigenvalue weighted by Gasteiger charge is 2.29. The number of hydrogen-bond donors (Lipinski definition) is 0. The van der Waals surface area contributed by atoms with Crippen molar-refractivity contribution in [3.63, 3.8) is 0 Å². The van der Waals surface area contributed by atoms with Crippen LogP contribution >= 0.6 is 0 Å². The highest BCUT2D eigenvalue weighted by Crippen LogP contribution is 2.36. The van der Waals surface area contributed by atoms with Crippen molar-refractivity contribution < 1.29 is 4.79 Å². The van der Waals surface area contributed by atoms with Gasteiger partial charge in [0.15, 0.2) is 5.78 Å². The van der Waals surface area contributed by atoms with E-state index in [-0.39, 0.29) is 5.78 Å². The Balaban J connectivity index is 1.99. The SMILES string of the molecule is Cc1cccc(/C=C2\CC(C(C)C)C/C(=C\c3cccc(C)c3)C2=O)c1. The molecule has 1 nitrogen and oxygen atoms in total. The molecule has 0 saturated heterocycles. The first-order valence-corrected chi connectivity index (χ1v) is 9.51. The lowest BCUT2D eigenvalue weighted by atomic mass is 9.75. The molecule has 0 aliphatic heterocycles. The fraction of sp³-hybridized carbons (Fsp3) is 0.320. The molecule has 0 spiro atoms. The van der Waals surface area contributed by atoms with E-state index in [1.807, 2.05) is 0 Å². The standard InChI is InChI=1S/C25H28O/c1-17(2)22-15-23(13-20-9-5-7-18(3)11-20)25(26)24(16-22)14-21-10-6-8-19(4)12-21/h5-14,17,22H,15-16H2,1-4H3/b23-13+,24-14+. The normalized spacial score (nSPS) is 21.0. The fourth-order valence-electron chi connectivity index (χ4n) is 3.67. The summed E-state index contributed by atoms with van der Waals surface area (Å²) in [5, 5.41) is 0. The number of benzene rings is 2. The molecule has 1 heteroatoms. The monoisotopic (exact) mass is 344 g/mol. The summed E-state index contributed by atoms with van der Waals surface area (Å²) in [4.78, 5) is 13.1. The molecule has 0 amide bonds. The molecule has 0 unspecified atom stereocenters. The second kappa shape index (κ2) is 7.86. The molecule has 3 rings (SSSR count). The van der Waals surface area contributed by atoms with Crippen LogP contribution < -0.4 is 0 Å². The number of ketones is 1. The predicted octanol–water partition coefficient (Wildman–Crippen LogP) is 6.41. The van der Waals surface area contributed by atoms with Crippen molar-refractivity contribution in [1.29, 1.82) is 0 Å². The van der Waals surface area contributed by atoms with Gasteiger partial charge in [0.2, 0.25) is 0 Å². The van der Waals surface area contributed by atoms with E-state index in [0.29, 0.717) is 11.8 Å². The molecule has 0 bridgehead atoms. The predicted molar refractivity (Wildman–Crippen MR) is 111 cm³/mol. The smallest absolute Gasteiger partial charge is 0.185 e. The molecule has 0 atom stereocenters. The zero-order valence-corrected chi connectivity index (χ0v) is 16.3. The van der Waals surface area contributed by atoms with Crippen molar-refractivity contribution in [2.24, 2.45) is 11.8 Å². The van der Waals surface area contributed by atoms with Crippen LogP contribution in [0.5, 0.6) is 0 Å². The van der Waals surface area contributed by atoms with Gasteiger partial charge >= 0.3 is 0 Å². The van der Waals surface area contributed by atoms with Crippen LogP contribution in [0.2, 0.25) is 0 Å². The summed E-state index contributed by atoms with van der Waals surface area (Å²) in [5.74, 6) is 1.29. The molecule has 1 aliphatic carbocycles. The van der Waals surface area contributed by atoms with Gasteiger partial charge in [0.05, 0.1) is 0 Å². The number of aryl methyl sites for hydroxylation is 2. The van der Waals surface area contributed by atoms with E-state index in [9.17, 15) is 4.79 Å². The number of carbonyl (C=O) groups excluding carboxylic acids is 1. The van der Waals surface area contributed by atoms with Crippen molar-refractivity contribution >= 4 is 17.9 Å². The molecule has 1 fully saturated rings. The summed E-state index contributed by atoms with van der Waals surface area (Å²) in [6.45, 7) is 8.69. The fourth-order valence-corrected chi connectivity index (χ4v) is 3.67. The molecule has 2 aromatic carbocycles. The molecule has 0 heterocycles. The third kappa shape index (κ3) is 4.40. The lowest BCUT2D eigenvalue weighted by Gasteiger charge is -2.28. The van der Waals surface area contributed by atoms with Crippen molar-refractivity contribution in [3.8, 4) is 0 Å². The third-order valence-corrected chi connectivity index (χ3v) is 5.26. The average molecular weight is 344 g/mol. The van der Waals surface area contributed by atoms with Gasteiger partial charge in [-0.05, 0) is 61.8 Å². The van der Waals surface area contributed by atoms with Crippen molar-refractivity contribution in [1.82, 2.24) is 0 Å². The maximum atomic E-state index is 13.1. The van der Waals surface area contributed by atoms with Crippen molar-refractivity contribution in [2.45, 2.75) is 40.5 Å². The van der Waals surface area contributed by atoms with Crippen LogP contribution in [-0.4, -0.2) is 5.78 Å². The van der Waals surface area contributed by atoms with E-state index in [1.54, 1.807) is 0 Å². The second-order valence-electron chi connectivity index (χ2n) is 7.91. The molecule has 0 aromatic heterocycles. The molecule has 0 radical (unpaired) electrons. The maximum Gasteiger partial charge on any atom is 0.185 e. The molecule has 0 N–H and O–H groups in total. The molecular formula is C25H28O. The Morgan fingerprint density at radius 1 is 0.846 bits per heavy atom. The van der Waals surface area contributed by atoms with Crippen molar-refractivity contribution in [3.05, 3.63) is 81.9 Å². The van der Waals surface area contributed by atoms with Crippen LogP contribution in [0.3, 0.4) is 0 Å². The lowest BCUT2D eigenvalue weighted by molar-refractivity contribution is -0.113. The Hall–Kier alpha value is -2.41. The number of carbonyl (C=O) groups is 1. The zero-order valence-electron chi connectivity index (χ0n) is 16.3. The largest absolute Gasteiger partial charge is 0.289 e.